The Kier molecular flexibility index (Phi) is 6.39. The van der Waals surface area contributed by atoms with Crippen LogP contribution in [0.1, 0.15) is 32.3 Å². The number of carbonyl (C=O) groups excluding carboxylic acids is 1. The third kappa shape index (κ3) is 4.94. The van der Waals surface area contributed by atoms with Gasteiger partial charge in [-0.2, -0.15) is 0 Å². The van der Waals surface area contributed by atoms with E-state index < -0.39 is 0 Å². The molecule has 0 spiro atoms. The molecule has 1 aromatic carbocycles. The molecule has 0 bridgehead atoms. The molecule has 1 N–H and O–H groups in total. The van der Waals surface area contributed by atoms with Crippen LogP contribution in [-0.4, -0.2) is 50.6 Å². The molecule has 5 nitrogen and oxygen atoms in total. The SMILES string of the molecule is CN=C(NCC(C)(C)c1ccc(F)cc1)N1CCC(C(=O)OC)CC1. The molecule has 138 valence electrons. The first-order valence-corrected chi connectivity index (χ1v) is 8.67. The van der Waals surface area contributed by atoms with Crippen molar-refractivity contribution < 1.29 is 13.9 Å². The average molecular weight is 349 g/mol. The van der Waals surface area contributed by atoms with Gasteiger partial charge in [0.1, 0.15) is 5.82 Å². The molecule has 0 atom stereocenters. The Labute approximate surface area is 149 Å². The summed E-state index contributed by atoms with van der Waals surface area (Å²) in [7, 11) is 3.20. The topological polar surface area (TPSA) is 53.9 Å². The summed E-state index contributed by atoms with van der Waals surface area (Å²) in [6.07, 6.45) is 1.55. The Bertz CT molecular complexity index is 606. The molecule has 0 saturated carbocycles. The van der Waals surface area contributed by atoms with Crippen LogP contribution < -0.4 is 5.32 Å². The van der Waals surface area contributed by atoms with E-state index in [-0.39, 0.29) is 23.1 Å². The molecule has 6 heteroatoms. The van der Waals surface area contributed by atoms with Crippen LogP contribution >= 0.6 is 0 Å². The number of halogens is 1. The van der Waals surface area contributed by atoms with E-state index in [9.17, 15) is 9.18 Å². The molecule has 0 aliphatic carbocycles. The van der Waals surface area contributed by atoms with E-state index >= 15 is 0 Å². The lowest BCUT2D eigenvalue weighted by molar-refractivity contribution is -0.146. The van der Waals surface area contributed by atoms with E-state index in [2.05, 4.69) is 29.1 Å². The number of hydrogen-bond donors (Lipinski definition) is 1. The molecule has 0 amide bonds. The number of benzene rings is 1. The molecule has 0 radical (unpaired) electrons. The van der Waals surface area contributed by atoms with E-state index in [1.807, 2.05) is 12.1 Å². The van der Waals surface area contributed by atoms with Crippen molar-refractivity contribution in [1.29, 1.82) is 0 Å². The molecule has 0 aromatic heterocycles. The maximum atomic E-state index is 13.1. The van der Waals surface area contributed by atoms with Crippen molar-refractivity contribution in [1.82, 2.24) is 10.2 Å². The smallest absolute Gasteiger partial charge is 0.308 e. The molecule has 1 fully saturated rings. The molecule has 1 heterocycles. The normalized spacial score (nSPS) is 16.7. The molecule has 25 heavy (non-hydrogen) atoms. The fraction of sp³-hybridized carbons (Fsp3) is 0.579. The number of ether oxygens (including phenoxy) is 1. The summed E-state index contributed by atoms with van der Waals surface area (Å²) in [4.78, 5) is 18.2. The largest absolute Gasteiger partial charge is 0.469 e. The van der Waals surface area contributed by atoms with Crippen molar-refractivity contribution in [2.45, 2.75) is 32.1 Å². The van der Waals surface area contributed by atoms with Gasteiger partial charge in [0.2, 0.25) is 0 Å². The quantitative estimate of drug-likeness (QED) is 0.516. The van der Waals surface area contributed by atoms with Crippen LogP contribution in [0.2, 0.25) is 0 Å². The summed E-state index contributed by atoms with van der Waals surface area (Å²) >= 11 is 0. The fourth-order valence-electron chi connectivity index (χ4n) is 3.13. The molecule has 1 aromatic rings. The van der Waals surface area contributed by atoms with Crippen LogP contribution in [0.3, 0.4) is 0 Å². The zero-order valence-corrected chi connectivity index (χ0v) is 15.5. The number of nitrogens with zero attached hydrogens (tertiary/aromatic N) is 2. The number of carbonyl (C=O) groups is 1. The zero-order chi connectivity index (χ0) is 18.4. The van der Waals surface area contributed by atoms with Crippen molar-refractivity contribution >= 4 is 11.9 Å². The highest BCUT2D eigenvalue weighted by Gasteiger charge is 2.28. The summed E-state index contributed by atoms with van der Waals surface area (Å²) in [5, 5.41) is 3.42. The van der Waals surface area contributed by atoms with Gasteiger partial charge in [-0.05, 0) is 30.5 Å². The monoisotopic (exact) mass is 349 g/mol. The number of aliphatic imine (C=N–C) groups is 1. The van der Waals surface area contributed by atoms with Crippen LogP contribution in [0.25, 0.3) is 0 Å². The van der Waals surface area contributed by atoms with Crippen molar-refractivity contribution in [3.8, 4) is 0 Å². The van der Waals surface area contributed by atoms with Crippen LogP contribution in [0.5, 0.6) is 0 Å². The van der Waals surface area contributed by atoms with Crippen LogP contribution in [0.4, 0.5) is 4.39 Å². The van der Waals surface area contributed by atoms with Gasteiger partial charge in [-0.1, -0.05) is 26.0 Å². The highest BCUT2D eigenvalue weighted by Crippen LogP contribution is 2.23. The van der Waals surface area contributed by atoms with Gasteiger partial charge >= 0.3 is 5.97 Å². The second kappa shape index (κ2) is 8.32. The summed E-state index contributed by atoms with van der Waals surface area (Å²) in [5.74, 6) is 0.463. The van der Waals surface area contributed by atoms with Crippen LogP contribution in [0.15, 0.2) is 29.3 Å². The standard InChI is InChI=1S/C19H28FN3O2/c1-19(2,15-5-7-16(20)8-6-15)13-22-18(21-3)23-11-9-14(10-12-23)17(24)25-4/h5-8,14H,9-13H2,1-4H3,(H,21,22). The van der Waals surface area contributed by atoms with Gasteiger partial charge in [0.25, 0.3) is 0 Å². The molecule has 1 aliphatic rings. The first kappa shape index (κ1) is 19.2. The Morgan fingerprint density at radius 3 is 2.44 bits per heavy atom. The van der Waals surface area contributed by atoms with E-state index in [1.165, 1.54) is 19.2 Å². The maximum Gasteiger partial charge on any atom is 0.308 e. The van der Waals surface area contributed by atoms with Crippen molar-refractivity contribution in [2.75, 3.05) is 33.8 Å². The summed E-state index contributed by atoms with van der Waals surface area (Å²) in [5.41, 5.74) is 0.912. The molecular formula is C19H28FN3O2. The highest BCUT2D eigenvalue weighted by molar-refractivity contribution is 5.80. The highest BCUT2D eigenvalue weighted by atomic mass is 19.1. The minimum atomic E-state index is -0.225. The average Bonchev–Trinajstić information content (AvgIpc) is 2.62. The number of hydrogen-bond acceptors (Lipinski definition) is 3. The van der Waals surface area contributed by atoms with E-state index in [0.717, 1.165) is 37.5 Å². The number of nitrogens with one attached hydrogen (secondary N) is 1. The lowest BCUT2D eigenvalue weighted by atomic mass is 9.84. The van der Waals surface area contributed by atoms with Crippen molar-refractivity contribution in [2.24, 2.45) is 10.9 Å². The van der Waals surface area contributed by atoms with E-state index in [4.69, 9.17) is 4.74 Å². The summed E-state index contributed by atoms with van der Waals surface area (Å²) in [6, 6.07) is 6.62. The first-order chi connectivity index (χ1) is 11.9. The Morgan fingerprint density at radius 2 is 1.92 bits per heavy atom. The number of likely N-dealkylation sites (tertiary alicyclic amines) is 1. The van der Waals surface area contributed by atoms with Crippen LogP contribution in [0, 0.1) is 11.7 Å². The fourth-order valence-corrected chi connectivity index (χ4v) is 3.13. The summed E-state index contributed by atoms with van der Waals surface area (Å²) in [6.45, 7) is 6.46. The second-order valence-electron chi connectivity index (χ2n) is 7.08. The Balaban J connectivity index is 1.92. The summed E-state index contributed by atoms with van der Waals surface area (Å²) < 4.78 is 18.0. The second-order valence-corrected chi connectivity index (χ2v) is 7.08. The molecule has 2 rings (SSSR count). The van der Waals surface area contributed by atoms with Gasteiger partial charge in [-0.25, -0.2) is 4.39 Å². The van der Waals surface area contributed by atoms with Gasteiger partial charge < -0.3 is 15.0 Å². The van der Waals surface area contributed by atoms with E-state index in [1.54, 1.807) is 7.05 Å². The van der Waals surface area contributed by atoms with Gasteiger partial charge in [0.05, 0.1) is 13.0 Å². The molecular weight excluding hydrogens is 321 g/mol. The first-order valence-electron chi connectivity index (χ1n) is 8.67. The van der Waals surface area contributed by atoms with Gasteiger partial charge in [-0.3, -0.25) is 9.79 Å². The van der Waals surface area contributed by atoms with Gasteiger partial charge in [0, 0.05) is 32.1 Å². The predicted molar refractivity (Wildman–Crippen MR) is 97.1 cm³/mol. The Morgan fingerprint density at radius 1 is 1.32 bits per heavy atom. The lowest BCUT2D eigenvalue weighted by Crippen LogP contribution is -2.49. The minimum absolute atomic E-state index is 0.0185. The number of piperidine rings is 1. The van der Waals surface area contributed by atoms with Crippen molar-refractivity contribution in [3.63, 3.8) is 0 Å². The third-order valence-electron chi connectivity index (χ3n) is 4.85. The number of methoxy groups -OCH3 is 1. The maximum absolute atomic E-state index is 13.1. The van der Waals surface area contributed by atoms with Crippen LogP contribution in [-0.2, 0) is 14.9 Å². The predicted octanol–water partition coefficient (Wildman–Crippen LogP) is 2.56. The van der Waals surface area contributed by atoms with E-state index in [0.29, 0.717) is 6.54 Å². The number of rotatable bonds is 4. The Hall–Kier alpha value is -2.11. The van der Waals surface area contributed by atoms with Crippen molar-refractivity contribution in [3.05, 3.63) is 35.6 Å². The molecule has 1 aliphatic heterocycles. The molecule has 0 unspecified atom stereocenters. The van der Waals surface area contributed by atoms with Gasteiger partial charge in [-0.15, -0.1) is 0 Å². The number of esters is 1. The third-order valence-corrected chi connectivity index (χ3v) is 4.85. The minimum Gasteiger partial charge on any atom is -0.469 e. The molecule has 1 saturated heterocycles. The zero-order valence-electron chi connectivity index (χ0n) is 15.5. The van der Waals surface area contributed by atoms with Gasteiger partial charge in [0.15, 0.2) is 5.96 Å². The number of guanidine groups is 1. The lowest BCUT2D eigenvalue weighted by Gasteiger charge is -2.35.